The molecule has 3 aromatic rings. The highest BCUT2D eigenvalue weighted by molar-refractivity contribution is 5.98. The van der Waals surface area contributed by atoms with Gasteiger partial charge in [0, 0.05) is 33.6 Å². The van der Waals surface area contributed by atoms with Gasteiger partial charge < -0.3 is 39.1 Å². The Bertz CT molecular complexity index is 2070. The van der Waals surface area contributed by atoms with Crippen molar-refractivity contribution in [2.75, 3.05) is 0 Å². The maximum atomic E-state index is 14.8. The molecule has 0 fully saturated rings. The molecule has 0 aromatic heterocycles. The molecule has 0 saturated heterocycles. The Labute approximate surface area is 314 Å². The highest BCUT2D eigenvalue weighted by atomic mass is 17.0. The number of aliphatic hydroxyl groups excluding tert-OH is 1. The summed E-state index contributed by atoms with van der Waals surface area (Å²) >= 11 is 0. The second kappa shape index (κ2) is 14.9. The second-order valence-corrected chi connectivity index (χ2v) is 13.0. The van der Waals surface area contributed by atoms with E-state index < -0.39 is 81.0 Å². The first-order chi connectivity index (χ1) is 25.8. The van der Waals surface area contributed by atoms with E-state index in [1.54, 1.807) is 20.8 Å². The predicted octanol–water partition coefficient (Wildman–Crippen LogP) is 6.18. The van der Waals surface area contributed by atoms with Crippen LogP contribution in [0.1, 0.15) is 68.2 Å². The summed E-state index contributed by atoms with van der Waals surface area (Å²) in [7, 11) is 0. The average Bonchev–Trinajstić information content (AvgIpc) is 3.11. The van der Waals surface area contributed by atoms with Crippen LogP contribution in [0, 0.1) is 17.0 Å². The van der Waals surface area contributed by atoms with Crippen LogP contribution in [0.3, 0.4) is 0 Å². The number of quaternary nitrogens is 1. The van der Waals surface area contributed by atoms with E-state index in [0.29, 0.717) is 6.42 Å². The molecule has 17 nitrogen and oxygen atoms in total. The maximum absolute atomic E-state index is 14.8. The summed E-state index contributed by atoms with van der Waals surface area (Å²) < 4.78 is 28.8. The van der Waals surface area contributed by atoms with Gasteiger partial charge in [0.2, 0.25) is 5.75 Å². The van der Waals surface area contributed by atoms with E-state index >= 15 is 0 Å². The first-order valence-corrected chi connectivity index (χ1v) is 17.2. The predicted molar refractivity (Wildman–Crippen MR) is 189 cm³/mol. The fraction of sp³-hybridized carbons (Fsp3) is 0.342. The minimum Gasteiger partial charge on any atom is -0.578 e. The van der Waals surface area contributed by atoms with E-state index in [9.17, 15) is 44.6 Å². The van der Waals surface area contributed by atoms with Gasteiger partial charge in [-0.25, -0.2) is 0 Å². The first kappa shape index (κ1) is 40.0. The summed E-state index contributed by atoms with van der Waals surface area (Å²) in [5.74, 6) is -10.3. The summed E-state index contributed by atoms with van der Waals surface area (Å²) in [4.78, 5) is 68.6. The van der Waals surface area contributed by atoms with E-state index in [-0.39, 0.29) is 56.7 Å². The third-order valence-corrected chi connectivity index (χ3v) is 9.22. The highest BCUT2D eigenvalue weighted by Gasteiger charge is 2.72. The number of esters is 4. The number of nitrogens with zero attached hydrogens (tertiary/aromatic N) is 2. The van der Waals surface area contributed by atoms with Crippen molar-refractivity contribution in [3.8, 4) is 62.5 Å². The molecular formula is C38H40N2O15. The summed E-state index contributed by atoms with van der Waals surface area (Å²) in [5, 5.41) is 47.6. The zero-order valence-corrected chi connectivity index (χ0v) is 31.2. The Morgan fingerprint density at radius 3 is 1.65 bits per heavy atom. The van der Waals surface area contributed by atoms with Crippen LogP contribution in [0.25, 0.3) is 22.3 Å². The van der Waals surface area contributed by atoms with Crippen molar-refractivity contribution in [2.45, 2.75) is 74.0 Å². The number of aliphatic hydroxyl groups is 1. The number of hydrogen-bond donors (Lipinski definition) is 3. The molecule has 1 amide bonds. The molecule has 0 saturated carbocycles. The third kappa shape index (κ3) is 6.77. The number of ether oxygens (including phenoxy) is 5. The fourth-order valence-electron chi connectivity index (χ4n) is 6.41. The number of benzene rings is 3. The number of hydroxylamine groups is 6. The van der Waals surface area contributed by atoms with Crippen molar-refractivity contribution in [1.29, 1.82) is 0 Å². The lowest BCUT2D eigenvalue weighted by molar-refractivity contribution is -1.08. The lowest BCUT2D eigenvalue weighted by Crippen LogP contribution is -2.78. The van der Waals surface area contributed by atoms with E-state index in [1.807, 2.05) is 0 Å². The molecule has 2 heterocycles. The SMILES string of the molecule is CC[C@H](C)C1=C(O)[N@@+]2([O-])Oc3ccc(-c4c(OC(C)=O)c(OC(C)=O)c(-c5ccc(O)cc5)c(OC(C)=O)c4OC(C)=O)cc3O[C@]2([C@@H](C)CC)C(=O)N1O. The number of carbonyl (C=O) groups excluding carboxylic acids is 5. The lowest BCUT2D eigenvalue weighted by Gasteiger charge is -2.56. The number of allylic oxidation sites excluding steroid dienone is 1. The molecule has 4 atom stereocenters. The molecule has 0 bridgehead atoms. The molecule has 55 heavy (non-hydrogen) atoms. The molecule has 3 N–H and O–H groups in total. The molecule has 2 aliphatic rings. The third-order valence-electron chi connectivity index (χ3n) is 9.22. The molecule has 2 aliphatic heterocycles. The molecule has 5 rings (SSSR count). The van der Waals surface area contributed by atoms with Crippen LogP contribution >= 0.6 is 0 Å². The van der Waals surface area contributed by atoms with Crippen molar-refractivity contribution >= 4 is 29.8 Å². The van der Waals surface area contributed by atoms with Gasteiger partial charge in [-0.05, 0) is 54.3 Å². The molecule has 3 aromatic carbocycles. The smallest absolute Gasteiger partial charge is 0.374 e. The van der Waals surface area contributed by atoms with Crippen LogP contribution < -0.4 is 28.5 Å². The standard InChI is InChI=1S/C38H40N2O15/c1-9-18(3)31-36(46)40(49)38(19(4)10-2,37(47)39(31)48)54-28-17-25(13-16-27(28)55-40)30-34(52-22(7)43)32(50-20(5)41)29(24-11-14-26(45)15-12-24)33(51-21(6)42)35(30)53-23(8)44/h11-19,45-46,48H,9-10H2,1-8H3/t18-,19-,38+,40+/m0/s1. The Hall–Kier alpha value is -6.17. The van der Waals surface area contributed by atoms with Gasteiger partial charge in [-0.1, -0.05) is 44.6 Å². The van der Waals surface area contributed by atoms with Crippen molar-refractivity contribution in [2.24, 2.45) is 11.8 Å². The second-order valence-electron chi connectivity index (χ2n) is 13.0. The Kier molecular flexibility index (Phi) is 10.9. The highest BCUT2D eigenvalue weighted by Crippen LogP contribution is 2.59. The lowest BCUT2D eigenvalue weighted by atomic mass is 9.89. The summed E-state index contributed by atoms with van der Waals surface area (Å²) in [6, 6.07) is 9.02. The summed E-state index contributed by atoms with van der Waals surface area (Å²) in [5.41, 5.74) is -3.43. The number of aromatic hydroxyl groups is 1. The monoisotopic (exact) mass is 764 g/mol. The van der Waals surface area contributed by atoms with Crippen LogP contribution in [0.5, 0.6) is 40.2 Å². The average molecular weight is 765 g/mol. The van der Waals surface area contributed by atoms with Gasteiger partial charge in [0.1, 0.15) is 5.75 Å². The van der Waals surface area contributed by atoms with Crippen LogP contribution in [0.2, 0.25) is 0 Å². The number of amides is 1. The molecule has 0 radical (unpaired) electrons. The van der Waals surface area contributed by atoms with Crippen molar-refractivity contribution in [3.05, 3.63) is 59.3 Å². The van der Waals surface area contributed by atoms with Gasteiger partial charge in [-0.2, -0.15) is 5.06 Å². The molecular weight excluding hydrogens is 724 g/mol. The van der Waals surface area contributed by atoms with Crippen molar-refractivity contribution in [3.63, 3.8) is 0 Å². The van der Waals surface area contributed by atoms with Gasteiger partial charge in [0.25, 0.3) is 0 Å². The number of hydrogen-bond acceptors (Lipinski definition) is 15. The van der Waals surface area contributed by atoms with Crippen molar-refractivity contribution in [1.82, 2.24) is 5.06 Å². The molecule has 292 valence electrons. The van der Waals surface area contributed by atoms with E-state index in [2.05, 4.69) is 0 Å². The van der Waals surface area contributed by atoms with Gasteiger partial charge in [-0.3, -0.25) is 34.0 Å². The van der Waals surface area contributed by atoms with Gasteiger partial charge >= 0.3 is 41.4 Å². The normalized spacial score (nSPS) is 19.9. The zero-order valence-electron chi connectivity index (χ0n) is 31.2. The van der Waals surface area contributed by atoms with Gasteiger partial charge in [0.05, 0.1) is 17.0 Å². The number of rotatable bonds is 10. The van der Waals surface area contributed by atoms with Crippen LogP contribution in [0.4, 0.5) is 0 Å². The number of phenolic OH excluding ortho intramolecular Hbond substituents is 1. The molecule has 17 heteroatoms. The zero-order chi connectivity index (χ0) is 40.7. The van der Waals surface area contributed by atoms with E-state index in [4.69, 9.17) is 28.5 Å². The van der Waals surface area contributed by atoms with E-state index in [1.165, 1.54) is 49.4 Å². The Balaban J connectivity index is 1.91. The number of carbonyl (C=O) groups is 5. The van der Waals surface area contributed by atoms with E-state index in [0.717, 1.165) is 27.7 Å². The molecule has 0 unspecified atom stereocenters. The number of phenols is 1. The Morgan fingerprint density at radius 2 is 1.22 bits per heavy atom. The minimum atomic E-state index is -2.65. The quantitative estimate of drug-likeness (QED) is 0.0689. The molecule has 0 aliphatic carbocycles. The maximum Gasteiger partial charge on any atom is 0.374 e. The molecule has 0 spiro atoms. The van der Waals surface area contributed by atoms with Crippen LogP contribution in [-0.2, 0) is 24.0 Å². The van der Waals surface area contributed by atoms with Crippen LogP contribution in [0.15, 0.2) is 54.0 Å². The number of fused-ring (bicyclic) bond motifs is 2. The van der Waals surface area contributed by atoms with Gasteiger partial charge in [0.15, 0.2) is 34.4 Å². The minimum absolute atomic E-state index is 0.0525. The van der Waals surface area contributed by atoms with Gasteiger partial charge in [-0.15, -0.1) is 0 Å². The first-order valence-electron chi connectivity index (χ1n) is 17.2. The van der Waals surface area contributed by atoms with Crippen molar-refractivity contribution < 1.29 is 72.7 Å². The largest absolute Gasteiger partial charge is 0.578 e. The fourth-order valence-corrected chi connectivity index (χ4v) is 6.41. The summed E-state index contributed by atoms with van der Waals surface area (Å²) in [6.45, 7) is 10.7. The Morgan fingerprint density at radius 1 is 0.764 bits per heavy atom. The summed E-state index contributed by atoms with van der Waals surface area (Å²) in [6.07, 6.45) is 0.446. The van der Waals surface area contributed by atoms with Crippen LogP contribution in [-0.4, -0.2) is 60.8 Å². The topological polar surface area (TPSA) is 228 Å².